The number of amides is 1. The monoisotopic (exact) mass is 424 g/mol. The van der Waals surface area contributed by atoms with Crippen molar-refractivity contribution in [1.29, 1.82) is 0 Å². The Labute approximate surface area is 189 Å². The SMILES string of the molecule is CCOc1ccc(-n2c(-c3ccccc3)cc(C(=O)NC(C)c3ccccc3)c2C)cc1. The molecule has 1 N–H and O–H groups in total. The second kappa shape index (κ2) is 9.56. The quantitative estimate of drug-likeness (QED) is 0.376. The summed E-state index contributed by atoms with van der Waals surface area (Å²) in [5.41, 5.74) is 5.66. The fourth-order valence-corrected chi connectivity index (χ4v) is 3.95. The molecule has 1 atom stereocenters. The zero-order valence-corrected chi connectivity index (χ0v) is 18.7. The Hall–Kier alpha value is -3.79. The van der Waals surface area contributed by atoms with Crippen molar-refractivity contribution in [1.82, 2.24) is 9.88 Å². The molecule has 0 saturated heterocycles. The van der Waals surface area contributed by atoms with Gasteiger partial charge in [-0.3, -0.25) is 4.79 Å². The molecule has 0 aliphatic heterocycles. The Kier molecular flexibility index (Phi) is 6.41. The van der Waals surface area contributed by atoms with Gasteiger partial charge in [-0.25, -0.2) is 0 Å². The molecule has 1 unspecified atom stereocenters. The first-order chi connectivity index (χ1) is 15.6. The second-order valence-electron chi connectivity index (χ2n) is 7.76. The number of carbonyl (C=O) groups excluding carboxylic acids is 1. The third kappa shape index (κ3) is 4.45. The number of carbonyl (C=O) groups is 1. The highest BCUT2D eigenvalue weighted by Gasteiger charge is 2.21. The van der Waals surface area contributed by atoms with Crippen LogP contribution < -0.4 is 10.1 Å². The Balaban J connectivity index is 1.73. The molecule has 0 spiro atoms. The molecule has 1 amide bonds. The fraction of sp³-hybridized carbons (Fsp3) is 0.179. The smallest absolute Gasteiger partial charge is 0.253 e. The van der Waals surface area contributed by atoms with Gasteiger partial charge in [0.05, 0.1) is 23.9 Å². The minimum atomic E-state index is -0.0860. The van der Waals surface area contributed by atoms with Crippen molar-refractivity contribution < 1.29 is 9.53 Å². The molecule has 3 aromatic carbocycles. The second-order valence-corrected chi connectivity index (χ2v) is 7.76. The summed E-state index contributed by atoms with van der Waals surface area (Å²) < 4.78 is 7.73. The van der Waals surface area contributed by atoms with Crippen molar-refractivity contribution in [2.45, 2.75) is 26.8 Å². The van der Waals surface area contributed by atoms with E-state index in [1.807, 2.05) is 99.6 Å². The topological polar surface area (TPSA) is 43.3 Å². The lowest BCUT2D eigenvalue weighted by Gasteiger charge is -2.15. The van der Waals surface area contributed by atoms with E-state index in [1.165, 1.54) is 0 Å². The number of hydrogen-bond donors (Lipinski definition) is 1. The predicted molar refractivity (Wildman–Crippen MR) is 129 cm³/mol. The van der Waals surface area contributed by atoms with Crippen molar-refractivity contribution in [3.8, 4) is 22.7 Å². The summed E-state index contributed by atoms with van der Waals surface area (Å²) in [6.45, 7) is 6.59. The Bertz CT molecular complexity index is 1180. The van der Waals surface area contributed by atoms with Crippen LogP contribution in [0.25, 0.3) is 16.9 Å². The third-order valence-corrected chi connectivity index (χ3v) is 5.61. The Morgan fingerprint density at radius 1 is 0.938 bits per heavy atom. The zero-order chi connectivity index (χ0) is 22.5. The number of aromatic nitrogens is 1. The zero-order valence-electron chi connectivity index (χ0n) is 18.7. The normalized spacial score (nSPS) is 11.7. The lowest BCUT2D eigenvalue weighted by Crippen LogP contribution is -2.27. The highest BCUT2D eigenvalue weighted by atomic mass is 16.5. The van der Waals surface area contributed by atoms with E-state index in [2.05, 4.69) is 22.0 Å². The van der Waals surface area contributed by atoms with Gasteiger partial charge >= 0.3 is 0 Å². The number of ether oxygens (including phenoxy) is 1. The molecule has 162 valence electrons. The van der Waals surface area contributed by atoms with Crippen LogP contribution in [0, 0.1) is 6.92 Å². The molecular weight excluding hydrogens is 396 g/mol. The van der Waals surface area contributed by atoms with Gasteiger partial charge in [-0.1, -0.05) is 60.7 Å². The molecule has 1 aromatic heterocycles. The molecule has 0 fully saturated rings. The molecule has 0 saturated carbocycles. The molecule has 0 radical (unpaired) electrons. The van der Waals surface area contributed by atoms with Gasteiger partial charge < -0.3 is 14.6 Å². The first kappa shape index (κ1) is 21.4. The molecule has 0 bridgehead atoms. The van der Waals surface area contributed by atoms with E-state index in [-0.39, 0.29) is 11.9 Å². The van der Waals surface area contributed by atoms with Crippen molar-refractivity contribution >= 4 is 5.91 Å². The lowest BCUT2D eigenvalue weighted by atomic mass is 10.1. The first-order valence-corrected chi connectivity index (χ1v) is 10.9. The van der Waals surface area contributed by atoms with Gasteiger partial charge in [-0.15, -0.1) is 0 Å². The van der Waals surface area contributed by atoms with Gasteiger partial charge in [0.2, 0.25) is 0 Å². The molecule has 0 aliphatic rings. The van der Waals surface area contributed by atoms with Crippen molar-refractivity contribution in [2.24, 2.45) is 0 Å². The summed E-state index contributed by atoms with van der Waals surface area (Å²) in [6.07, 6.45) is 0. The number of rotatable bonds is 7. The van der Waals surface area contributed by atoms with Crippen LogP contribution in [-0.4, -0.2) is 17.1 Å². The highest BCUT2D eigenvalue weighted by molar-refractivity contribution is 5.97. The molecule has 0 aliphatic carbocycles. The maximum absolute atomic E-state index is 13.3. The molecule has 4 nitrogen and oxygen atoms in total. The van der Waals surface area contributed by atoms with E-state index in [0.717, 1.165) is 34.0 Å². The van der Waals surface area contributed by atoms with E-state index in [0.29, 0.717) is 12.2 Å². The maximum Gasteiger partial charge on any atom is 0.253 e. The summed E-state index contributed by atoms with van der Waals surface area (Å²) in [4.78, 5) is 13.3. The molecule has 4 rings (SSSR count). The van der Waals surface area contributed by atoms with Gasteiger partial charge in [0, 0.05) is 11.4 Å². The third-order valence-electron chi connectivity index (χ3n) is 5.61. The van der Waals surface area contributed by atoms with Crippen LogP contribution in [0.4, 0.5) is 0 Å². The van der Waals surface area contributed by atoms with Crippen LogP contribution in [0.1, 0.15) is 41.5 Å². The average molecular weight is 425 g/mol. The summed E-state index contributed by atoms with van der Waals surface area (Å²) in [7, 11) is 0. The van der Waals surface area contributed by atoms with Crippen LogP contribution in [0.15, 0.2) is 91.0 Å². The molecule has 1 heterocycles. The van der Waals surface area contributed by atoms with E-state index in [1.54, 1.807) is 0 Å². The lowest BCUT2D eigenvalue weighted by molar-refractivity contribution is 0.0939. The van der Waals surface area contributed by atoms with Crippen molar-refractivity contribution in [3.63, 3.8) is 0 Å². The number of nitrogens with zero attached hydrogens (tertiary/aromatic N) is 1. The fourth-order valence-electron chi connectivity index (χ4n) is 3.95. The first-order valence-electron chi connectivity index (χ1n) is 10.9. The molecular formula is C28H28N2O2. The average Bonchev–Trinajstić information content (AvgIpc) is 3.18. The van der Waals surface area contributed by atoms with Gasteiger partial charge in [0.15, 0.2) is 0 Å². The van der Waals surface area contributed by atoms with Crippen LogP contribution >= 0.6 is 0 Å². The van der Waals surface area contributed by atoms with Crippen LogP contribution in [0.3, 0.4) is 0 Å². The van der Waals surface area contributed by atoms with Gasteiger partial charge in [0.1, 0.15) is 5.75 Å². The van der Waals surface area contributed by atoms with E-state index in [4.69, 9.17) is 4.74 Å². The van der Waals surface area contributed by atoms with Crippen molar-refractivity contribution in [2.75, 3.05) is 6.61 Å². The number of nitrogens with one attached hydrogen (secondary N) is 1. The van der Waals surface area contributed by atoms with E-state index >= 15 is 0 Å². The van der Waals surface area contributed by atoms with Gasteiger partial charge in [0.25, 0.3) is 5.91 Å². The summed E-state index contributed by atoms with van der Waals surface area (Å²) >= 11 is 0. The number of benzene rings is 3. The molecule has 4 heteroatoms. The van der Waals surface area contributed by atoms with E-state index < -0.39 is 0 Å². The largest absolute Gasteiger partial charge is 0.494 e. The van der Waals surface area contributed by atoms with E-state index in [9.17, 15) is 4.79 Å². The minimum Gasteiger partial charge on any atom is -0.494 e. The van der Waals surface area contributed by atoms with Gasteiger partial charge in [-0.2, -0.15) is 0 Å². The highest BCUT2D eigenvalue weighted by Crippen LogP contribution is 2.30. The van der Waals surface area contributed by atoms with Gasteiger partial charge in [-0.05, 0) is 62.2 Å². The predicted octanol–water partition coefficient (Wildman–Crippen LogP) is 6.34. The van der Waals surface area contributed by atoms with Crippen LogP contribution in [-0.2, 0) is 0 Å². The Morgan fingerprint density at radius 3 is 2.19 bits per heavy atom. The summed E-state index contributed by atoms with van der Waals surface area (Å²) in [5, 5.41) is 3.15. The summed E-state index contributed by atoms with van der Waals surface area (Å²) in [6, 6.07) is 30.0. The molecule has 4 aromatic rings. The van der Waals surface area contributed by atoms with Crippen molar-refractivity contribution in [3.05, 3.63) is 108 Å². The molecule has 32 heavy (non-hydrogen) atoms. The number of hydrogen-bond acceptors (Lipinski definition) is 2. The maximum atomic E-state index is 13.3. The Morgan fingerprint density at radius 2 is 1.56 bits per heavy atom. The minimum absolute atomic E-state index is 0.0827. The summed E-state index contributed by atoms with van der Waals surface area (Å²) in [5.74, 6) is 0.748. The standard InChI is InChI=1S/C28H28N2O2/c1-4-32-25-17-15-24(16-18-25)30-21(3)26(19-27(30)23-13-9-6-10-14-23)28(31)29-20(2)22-11-7-5-8-12-22/h5-20H,4H2,1-3H3,(H,29,31). The van der Waals surface area contributed by atoms with Crippen LogP contribution in [0.5, 0.6) is 5.75 Å². The van der Waals surface area contributed by atoms with Crippen LogP contribution in [0.2, 0.25) is 0 Å².